The summed E-state index contributed by atoms with van der Waals surface area (Å²) in [6.07, 6.45) is 1.04. The first-order valence-corrected chi connectivity index (χ1v) is 13.0. The summed E-state index contributed by atoms with van der Waals surface area (Å²) in [7, 11) is 1.50. The number of fused-ring (bicyclic) bond motifs is 1. The van der Waals surface area contributed by atoms with Crippen molar-refractivity contribution < 1.29 is 19.4 Å². The van der Waals surface area contributed by atoms with Crippen molar-refractivity contribution in [2.45, 2.75) is 24.8 Å². The van der Waals surface area contributed by atoms with Gasteiger partial charge in [-0.3, -0.25) is 9.59 Å². The smallest absolute Gasteiger partial charge is 0.193 e. The maximum Gasteiger partial charge on any atom is 0.193 e. The molecule has 0 amide bonds. The predicted octanol–water partition coefficient (Wildman–Crippen LogP) is 6.61. The SMILES string of the molecule is COc1cc([C@@H]2Nc3ccc(C(=O)c4ccccc4)cc3NC3=C2C(=O)C[C@H](c2ccccc2)C3)ccc1O. The zero-order valence-electron chi connectivity index (χ0n) is 21.5. The highest BCUT2D eigenvalue weighted by atomic mass is 16.5. The van der Waals surface area contributed by atoms with Crippen LogP contribution >= 0.6 is 0 Å². The molecule has 6 heteroatoms. The molecule has 0 bridgehead atoms. The number of anilines is 2. The van der Waals surface area contributed by atoms with Gasteiger partial charge in [-0.1, -0.05) is 66.7 Å². The molecule has 0 aromatic heterocycles. The Hall–Kier alpha value is -4.84. The van der Waals surface area contributed by atoms with E-state index in [-0.39, 0.29) is 23.2 Å². The molecule has 0 saturated heterocycles. The number of hydrogen-bond acceptors (Lipinski definition) is 6. The molecule has 2 atom stereocenters. The van der Waals surface area contributed by atoms with Crippen LogP contribution in [0.15, 0.2) is 108 Å². The molecule has 39 heavy (non-hydrogen) atoms. The van der Waals surface area contributed by atoms with Gasteiger partial charge in [0.15, 0.2) is 23.1 Å². The Bertz CT molecular complexity index is 1600. The molecule has 0 saturated carbocycles. The summed E-state index contributed by atoms with van der Waals surface area (Å²) in [5, 5.41) is 17.3. The van der Waals surface area contributed by atoms with Gasteiger partial charge in [0.05, 0.1) is 24.5 Å². The van der Waals surface area contributed by atoms with Crippen molar-refractivity contribution in [3.63, 3.8) is 0 Å². The number of methoxy groups -OCH3 is 1. The Kier molecular flexibility index (Phi) is 6.37. The van der Waals surface area contributed by atoms with E-state index in [0.29, 0.717) is 35.3 Å². The van der Waals surface area contributed by atoms with Crippen molar-refractivity contribution in [1.82, 2.24) is 0 Å². The van der Waals surface area contributed by atoms with Gasteiger partial charge >= 0.3 is 0 Å². The van der Waals surface area contributed by atoms with Gasteiger partial charge < -0.3 is 20.5 Å². The second-order valence-electron chi connectivity index (χ2n) is 9.92. The lowest BCUT2D eigenvalue weighted by Crippen LogP contribution is -2.26. The normalized spacial score (nSPS) is 18.2. The molecule has 1 aliphatic carbocycles. The summed E-state index contributed by atoms with van der Waals surface area (Å²) < 4.78 is 5.37. The molecule has 0 unspecified atom stereocenters. The Labute approximate surface area is 227 Å². The van der Waals surface area contributed by atoms with Crippen LogP contribution in [0.25, 0.3) is 0 Å². The Morgan fingerprint density at radius 3 is 2.31 bits per heavy atom. The van der Waals surface area contributed by atoms with Crippen molar-refractivity contribution in [1.29, 1.82) is 0 Å². The monoisotopic (exact) mass is 516 g/mol. The minimum atomic E-state index is -0.469. The van der Waals surface area contributed by atoms with Crippen molar-refractivity contribution >= 4 is 22.9 Å². The van der Waals surface area contributed by atoms with E-state index in [1.807, 2.05) is 48.5 Å². The zero-order chi connectivity index (χ0) is 26.9. The number of Topliss-reactive ketones (excluding diaryl/α,β-unsaturated/α-hetero) is 1. The molecule has 6 nitrogen and oxygen atoms in total. The summed E-state index contributed by atoms with van der Waals surface area (Å²) in [4.78, 5) is 27.0. The zero-order valence-corrected chi connectivity index (χ0v) is 21.5. The number of benzene rings is 4. The number of rotatable bonds is 5. The molecular weight excluding hydrogens is 488 g/mol. The molecule has 0 fully saturated rings. The Morgan fingerprint density at radius 2 is 1.56 bits per heavy atom. The van der Waals surface area contributed by atoms with Crippen molar-refractivity contribution in [3.05, 3.63) is 131 Å². The molecule has 6 rings (SSSR count). The minimum Gasteiger partial charge on any atom is -0.504 e. The molecule has 2 aliphatic rings. The van der Waals surface area contributed by atoms with E-state index in [1.165, 1.54) is 7.11 Å². The number of ether oxygens (including phenoxy) is 1. The van der Waals surface area contributed by atoms with Crippen molar-refractivity contribution in [2.24, 2.45) is 0 Å². The van der Waals surface area contributed by atoms with Gasteiger partial charge in [-0.25, -0.2) is 0 Å². The number of carbonyl (C=O) groups is 2. The summed E-state index contributed by atoms with van der Waals surface area (Å²) in [5.41, 5.74) is 6.08. The molecule has 3 N–H and O–H groups in total. The summed E-state index contributed by atoms with van der Waals surface area (Å²) in [5.74, 6) is 0.389. The maximum absolute atomic E-state index is 13.8. The van der Waals surface area contributed by atoms with E-state index in [4.69, 9.17) is 4.74 Å². The molecule has 4 aromatic carbocycles. The number of hydrogen-bond donors (Lipinski definition) is 3. The van der Waals surface area contributed by atoms with Crippen molar-refractivity contribution in [3.8, 4) is 11.5 Å². The fourth-order valence-electron chi connectivity index (χ4n) is 5.53. The molecule has 4 aromatic rings. The first kappa shape index (κ1) is 24.5. The Balaban J connectivity index is 1.45. The van der Waals surface area contributed by atoms with Crippen LogP contribution in [0, 0.1) is 0 Å². The number of carbonyl (C=O) groups excluding carboxylic acids is 2. The maximum atomic E-state index is 13.8. The predicted molar refractivity (Wildman–Crippen MR) is 151 cm³/mol. The van der Waals surface area contributed by atoms with Gasteiger partial charge in [-0.15, -0.1) is 0 Å². The highest BCUT2D eigenvalue weighted by Crippen LogP contribution is 2.45. The van der Waals surface area contributed by atoms with Crippen LogP contribution in [-0.4, -0.2) is 23.8 Å². The van der Waals surface area contributed by atoms with Crippen LogP contribution in [0.1, 0.15) is 51.8 Å². The van der Waals surface area contributed by atoms with Gasteiger partial charge in [0, 0.05) is 28.8 Å². The highest BCUT2D eigenvalue weighted by molar-refractivity contribution is 6.10. The van der Waals surface area contributed by atoms with Gasteiger partial charge in [0.25, 0.3) is 0 Å². The first-order chi connectivity index (χ1) is 19.0. The molecule has 194 valence electrons. The number of ketones is 2. The lowest BCUT2D eigenvalue weighted by atomic mass is 9.78. The average molecular weight is 517 g/mol. The van der Waals surface area contributed by atoms with E-state index >= 15 is 0 Å². The minimum absolute atomic E-state index is 0.0331. The van der Waals surface area contributed by atoms with E-state index in [9.17, 15) is 14.7 Å². The Morgan fingerprint density at radius 1 is 0.821 bits per heavy atom. The van der Waals surface area contributed by atoms with Gasteiger partial charge in [0.1, 0.15) is 0 Å². The second-order valence-corrected chi connectivity index (χ2v) is 9.92. The third-order valence-corrected chi connectivity index (χ3v) is 7.51. The number of nitrogens with one attached hydrogen (secondary N) is 2. The van der Waals surface area contributed by atoms with Gasteiger partial charge in [-0.05, 0) is 53.8 Å². The summed E-state index contributed by atoms with van der Waals surface area (Å²) >= 11 is 0. The standard InChI is InChI=1S/C33H28N2O4/c1-39-30-19-22(13-15-28(30)36)32-31-27(17-24(18-29(31)37)20-8-4-2-5-9-20)34-26-16-23(12-14-25(26)35-32)33(38)21-10-6-3-7-11-21/h2-16,19,24,32,34-36H,17-18H2,1H3/t24-,32+/m1/s1. The lowest BCUT2D eigenvalue weighted by molar-refractivity contribution is -0.116. The number of aromatic hydroxyl groups is 1. The second kappa shape index (κ2) is 10.1. The summed E-state index contributed by atoms with van der Waals surface area (Å²) in [6, 6.07) is 29.5. The molecule has 1 heterocycles. The fourth-order valence-corrected chi connectivity index (χ4v) is 5.53. The van der Waals surface area contributed by atoms with Crippen LogP contribution in [0.4, 0.5) is 11.4 Å². The van der Waals surface area contributed by atoms with E-state index in [1.54, 1.807) is 36.4 Å². The van der Waals surface area contributed by atoms with Crippen LogP contribution in [0.3, 0.4) is 0 Å². The topological polar surface area (TPSA) is 87.7 Å². The van der Waals surface area contributed by atoms with Crippen LogP contribution in [-0.2, 0) is 4.79 Å². The number of phenols is 1. The molecular formula is C33H28N2O4. The van der Waals surface area contributed by atoms with E-state index in [2.05, 4.69) is 22.8 Å². The average Bonchev–Trinajstić information content (AvgIpc) is 3.14. The quantitative estimate of drug-likeness (QED) is 0.259. The third-order valence-electron chi connectivity index (χ3n) is 7.51. The number of phenolic OH excluding ortho intramolecular Hbond substituents is 1. The van der Waals surface area contributed by atoms with Gasteiger partial charge in [0.2, 0.25) is 0 Å². The van der Waals surface area contributed by atoms with E-state index < -0.39 is 6.04 Å². The third kappa shape index (κ3) is 4.66. The summed E-state index contributed by atoms with van der Waals surface area (Å²) in [6.45, 7) is 0. The van der Waals surface area contributed by atoms with Crippen molar-refractivity contribution in [2.75, 3.05) is 17.7 Å². The lowest BCUT2D eigenvalue weighted by Gasteiger charge is -2.30. The highest BCUT2D eigenvalue weighted by Gasteiger charge is 2.36. The van der Waals surface area contributed by atoms with Crippen LogP contribution in [0.5, 0.6) is 11.5 Å². The van der Waals surface area contributed by atoms with E-state index in [0.717, 1.165) is 28.2 Å². The largest absolute Gasteiger partial charge is 0.504 e. The van der Waals surface area contributed by atoms with Gasteiger partial charge in [-0.2, -0.15) is 0 Å². The molecule has 0 spiro atoms. The first-order valence-electron chi connectivity index (χ1n) is 13.0. The fraction of sp³-hybridized carbons (Fsp3) is 0.152. The van der Waals surface area contributed by atoms with Crippen LogP contribution < -0.4 is 15.4 Å². The van der Waals surface area contributed by atoms with Crippen LogP contribution in [0.2, 0.25) is 0 Å². The number of allylic oxidation sites excluding steroid dienone is 1. The molecule has 0 radical (unpaired) electrons. The molecule has 1 aliphatic heterocycles.